The van der Waals surface area contributed by atoms with E-state index in [1.54, 1.807) is 30.3 Å². The highest BCUT2D eigenvalue weighted by atomic mass is 35.5. The van der Waals surface area contributed by atoms with Crippen molar-refractivity contribution in [2.75, 3.05) is 12.4 Å². The van der Waals surface area contributed by atoms with Gasteiger partial charge in [-0.3, -0.25) is 4.79 Å². The molecule has 25 heavy (non-hydrogen) atoms. The normalized spacial score (nSPS) is 11.0. The summed E-state index contributed by atoms with van der Waals surface area (Å²) in [5.74, 6) is -0.864. The summed E-state index contributed by atoms with van der Waals surface area (Å²) in [5.41, 5.74) is 0.693. The van der Waals surface area contributed by atoms with Gasteiger partial charge in [0.2, 0.25) is 5.91 Å². The Labute approximate surface area is 153 Å². The van der Waals surface area contributed by atoms with E-state index in [1.807, 2.05) is 24.3 Å². The van der Waals surface area contributed by atoms with Crippen LogP contribution in [-0.4, -0.2) is 19.0 Å². The molecule has 6 heteroatoms. The summed E-state index contributed by atoms with van der Waals surface area (Å²) in [6.45, 7) is 0. The third-order valence-electron chi connectivity index (χ3n) is 3.54. The first-order valence-electron chi connectivity index (χ1n) is 7.43. The van der Waals surface area contributed by atoms with E-state index in [0.717, 1.165) is 15.0 Å². The number of carbonyl (C=O) groups excluding carboxylic acids is 2. The molecule has 1 N–H and O–H groups in total. The highest BCUT2D eigenvalue weighted by Gasteiger charge is 2.12. The van der Waals surface area contributed by atoms with E-state index in [0.29, 0.717) is 16.3 Å². The summed E-state index contributed by atoms with van der Waals surface area (Å²) in [6, 6.07) is 14.5. The first-order chi connectivity index (χ1) is 12.1. The Hall–Kier alpha value is -2.63. The lowest BCUT2D eigenvalue weighted by atomic mass is 10.2. The number of halogens is 1. The van der Waals surface area contributed by atoms with Crippen LogP contribution in [-0.2, 0) is 9.53 Å². The zero-order valence-electron chi connectivity index (χ0n) is 13.3. The number of hydrogen-bond acceptors (Lipinski definition) is 4. The summed E-state index contributed by atoms with van der Waals surface area (Å²) in [7, 11) is 1.30. The molecule has 0 atom stereocenters. The molecule has 0 saturated carbocycles. The van der Waals surface area contributed by atoms with Gasteiger partial charge in [0.15, 0.2) is 0 Å². The van der Waals surface area contributed by atoms with Crippen LogP contribution in [0.2, 0.25) is 5.02 Å². The number of ether oxygens (including phenoxy) is 1. The Bertz CT molecular complexity index is 978. The molecule has 4 nitrogen and oxygen atoms in total. The predicted molar refractivity (Wildman–Crippen MR) is 102 cm³/mol. The Morgan fingerprint density at radius 1 is 1.12 bits per heavy atom. The van der Waals surface area contributed by atoms with Crippen LogP contribution in [0.25, 0.3) is 16.2 Å². The zero-order chi connectivity index (χ0) is 17.8. The van der Waals surface area contributed by atoms with Crippen molar-refractivity contribution in [3.63, 3.8) is 0 Å². The fourth-order valence-electron chi connectivity index (χ4n) is 2.35. The summed E-state index contributed by atoms with van der Waals surface area (Å²) >= 11 is 7.86. The lowest BCUT2D eigenvalue weighted by Crippen LogP contribution is -2.12. The topological polar surface area (TPSA) is 55.4 Å². The molecular weight excluding hydrogens is 358 g/mol. The fourth-order valence-corrected chi connectivity index (χ4v) is 3.74. The number of rotatable bonds is 4. The monoisotopic (exact) mass is 371 g/mol. The first-order valence-corrected chi connectivity index (χ1v) is 8.63. The molecule has 0 spiro atoms. The molecule has 1 heterocycles. The van der Waals surface area contributed by atoms with Gasteiger partial charge in [-0.25, -0.2) is 4.79 Å². The molecule has 2 aromatic carbocycles. The standard InChI is InChI=1S/C19H14ClNO3S/c1-24-19(23)12-6-2-4-8-14(12)21-17(22)11-10-16-18(20)13-7-3-5-9-15(13)25-16/h2-11H,1H3,(H,21,22)/b11-10+. The number of para-hydroxylation sites is 1. The van der Waals surface area contributed by atoms with Gasteiger partial charge >= 0.3 is 5.97 Å². The number of nitrogens with one attached hydrogen (secondary N) is 1. The molecule has 0 aliphatic rings. The number of benzene rings is 2. The third-order valence-corrected chi connectivity index (χ3v) is 5.19. The van der Waals surface area contributed by atoms with E-state index >= 15 is 0 Å². The van der Waals surface area contributed by atoms with Crippen LogP contribution in [0.4, 0.5) is 5.69 Å². The number of carbonyl (C=O) groups is 2. The van der Waals surface area contributed by atoms with Gasteiger partial charge in [-0.05, 0) is 24.3 Å². The van der Waals surface area contributed by atoms with Gasteiger partial charge in [-0.15, -0.1) is 11.3 Å². The minimum absolute atomic E-state index is 0.298. The van der Waals surface area contributed by atoms with Crippen molar-refractivity contribution in [2.24, 2.45) is 0 Å². The number of fused-ring (bicyclic) bond motifs is 1. The van der Waals surface area contributed by atoms with Crippen molar-refractivity contribution >= 4 is 56.7 Å². The maximum absolute atomic E-state index is 12.2. The number of hydrogen-bond donors (Lipinski definition) is 1. The molecule has 3 rings (SSSR count). The molecule has 0 saturated heterocycles. The molecule has 1 aromatic heterocycles. The van der Waals surface area contributed by atoms with Crippen LogP contribution >= 0.6 is 22.9 Å². The van der Waals surface area contributed by atoms with Gasteiger partial charge in [-0.1, -0.05) is 41.9 Å². The Balaban J connectivity index is 1.80. The average Bonchev–Trinajstić information content (AvgIpc) is 2.96. The third kappa shape index (κ3) is 3.73. The molecule has 0 aliphatic heterocycles. The Morgan fingerprint density at radius 2 is 1.84 bits per heavy atom. The summed E-state index contributed by atoms with van der Waals surface area (Å²) in [5, 5.41) is 4.27. The fraction of sp³-hybridized carbons (Fsp3) is 0.0526. The van der Waals surface area contributed by atoms with Gasteiger partial charge in [-0.2, -0.15) is 0 Å². The largest absolute Gasteiger partial charge is 0.465 e. The van der Waals surface area contributed by atoms with Crippen LogP contribution in [0.3, 0.4) is 0 Å². The Kier molecular flexibility index (Phi) is 5.16. The quantitative estimate of drug-likeness (QED) is 0.519. The smallest absolute Gasteiger partial charge is 0.339 e. The van der Waals surface area contributed by atoms with E-state index in [2.05, 4.69) is 5.32 Å². The summed E-state index contributed by atoms with van der Waals surface area (Å²) in [6.07, 6.45) is 3.06. The van der Waals surface area contributed by atoms with Crippen molar-refractivity contribution in [1.29, 1.82) is 0 Å². The van der Waals surface area contributed by atoms with Crippen LogP contribution in [0, 0.1) is 0 Å². The minimum Gasteiger partial charge on any atom is -0.465 e. The number of thiophene rings is 1. The van der Waals surface area contributed by atoms with Crippen LogP contribution in [0.5, 0.6) is 0 Å². The van der Waals surface area contributed by atoms with Crippen molar-refractivity contribution in [3.05, 3.63) is 70.1 Å². The minimum atomic E-state index is -0.507. The molecule has 0 radical (unpaired) electrons. The van der Waals surface area contributed by atoms with E-state index in [1.165, 1.54) is 24.5 Å². The molecule has 1 amide bonds. The number of anilines is 1. The van der Waals surface area contributed by atoms with Crippen LogP contribution in [0.15, 0.2) is 54.6 Å². The van der Waals surface area contributed by atoms with Crippen LogP contribution < -0.4 is 5.32 Å². The van der Waals surface area contributed by atoms with E-state index in [4.69, 9.17) is 16.3 Å². The van der Waals surface area contributed by atoms with Gasteiger partial charge in [0.05, 0.1) is 23.4 Å². The van der Waals surface area contributed by atoms with E-state index < -0.39 is 5.97 Å². The number of esters is 1. The van der Waals surface area contributed by atoms with Crippen molar-refractivity contribution in [2.45, 2.75) is 0 Å². The molecule has 3 aromatic rings. The maximum atomic E-state index is 12.2. The zero-order valence-corrected chi connectivity index (χ0v) is 14.9. The lowest BCUT2D eigenvalue weighted by molar-refractivity contribution is -0.111. The second-order valence-electron chi connectivity index (χ2n) is 5.14. The predicted octanol–water partition coefficient (Wildman–Crippen LogP) is 4.99. The Morgan fingerprint density at radius 3 is 2.60 bits per heavy atom. The molecular formula is C19H14ClNO3S. The number of amides is 1. The lowest BCUT2D eigenvalue weighted by Gasteiger charge is -2.07. The maximum Gasteiger partial charge on any atom is 0.339 e. The SMILES string of the molecule is COC(=O)c1ccccc1NC(=O)/C=C/c1sc2ccccc2c1Cl. The van der Waals surface area contributed by atoms with E-state index in [9.17, 15) is 9.59 Å². The van der Waals surface area contributed by atoms with Gasteiger partial charge in [0.1, 0.15) is 0 Å². The van der Waals surface area contributed by atoms with Gasteiger partial charge in [0.25, 0.3) is 0 Å². The second kappa shape index (κ2) is 7.51. The molecule has 0 fully saturated rings. The molecule has 0 aliphatic carbocycles. The highest BCUT2D eigenvalue weighted by Crippen LogP contribution is 2.35. The van der Waals surface area contributed by atoms with Crippen molar-refractivity contribution in [1.82, 2.24) is 0 Å². The highest BCUT2D eigenvalue weighted by molar-refractivity contribution is 7.20. The average molecular weight is 372 g/mol. The molecule has 0 unspecified atom stereocenters. The summed E-state index contributed by atoms with van der Waals surface area (Å²) in [4.78, 5) is 24.7. The van der Waals surface area contributed by atoms with Gasteiger partial charge < -0.3 is 10.1 Å². The first kappa shape index (κ1) is 17.2. The molecule has 126 valence electrons. The van der Waals surface area contributed by atoms with Crippen LogP contribution in [0.1, 0.15) is 15.2 Å². The van der Waals surface area contributed by atoms with E-state index in [-0.39, 0.29) is 5.91 Å². The second-order valence-corrected chi connectivity index (χ2v) is 6.60. The molecule has 0 bridgehead atoms. The van der Waals surface area contributed by atoms with Crippen molar-refractivity contribution in [3.8, 4) is 0 Å². The summed E-state index contributed by atoms with van der Waals surface area (Å²) < 4.78 is 5.77. The number of methoxy groups -OCH3 is 1. The van der Waals surface area contributed by atoms with Gasteiger partial charge in [0, 0.05) is 21.0 Å². The van der Waals surface area contributed by atoms with Crippen molar-refractivity contribution < 1.29 is 14.3 Å².